The predicted octanol–water partition coefficient (Wildman–Crippen LogP) is 3.87. The first kappa shape index (κ1) is 14.2. The van der Waals surface area contributed by atoms with Gasteiger partial charge in [0.1, 0.15) is 5.82 Å². The smallest absolute Gasteiger partial charge is 0.123 e. The number of rotatable bonds is 6. The molecule has 102 valence electrons. The average Bonchev–Trinajstić information content (AvgIpc) is 2.90. The number of benzene rings is 1. The third kappa shape index (κ3) is 3.85. The Kier molecular flexibility index (Phi) is 5.05. The van der Waals surface area contributed by atoms with Crippen LogP contribution in [0.3, 0.4) is 0 Å². The quantitative estimate of drug-likeness (QED) is 0.867. The van der Waals surface area contributed by atoms with E-state index < -0.39 is 0 Å². The van der Waals surface area contributed by atoms with Crippen molar-refractivity contribution in [3.8, 4) is 0 Å². The molecule has 0 bridgehead atoms. The maximum absolute atomic E-state index is 13.1. The molecular formula is C15H19FN2S. The largest absolute Gasteiger partial charge is 0.309 e. The summed E-state index contributed by atoms with van der Waals surface area (Å²) < 4.78 is 13.1. The lowest BCUT2D eigenvalue weighted by molar-refractivity contribution is 0.534. The molecule has 1 N–H and O–H groups in total. The Labute approximate surface area is 117 Å². The molecule has 0 saturated heterocycles. The minimum absolute atomic E-state index is 0.169. The van der Waals surface area contributed by atoms with Gasteiger partial charge in [0, 0.05) is 17.1 Å². The molecule has 0 aliphatic rings. The van der Waals surface area contributed by atoms with Gasteiger partial charge >= 0.3 is 0 Å². The molecule has 0 fully saturated rings. The minimum Gasteiger partial charge on any atom is -0.309 e. The fraction of sp³-hybridized carbons (Fsp3) is 0.400. The van der Waals surface area contributed by atoms with Gasteiger partial charge in [-0.25, -0.2) is 4.39 Å². The summed E-state index contributed by atoms with van der Waals surface area (Å²) in [5.41, 5.74) is 4.05. The Balaban J connectivity index is 2.15. The van der Waals surface area contributed by atoms with Gasteiger partial charge in [-0.3, -0.25) is 4.98 Å². The van der Waals surface area contributed by atoms with Crippen LogP contribution in [0.1, 0.15) is 35.4 Å². The number of halogens is 1. The number of hydrogen-bond donors (Lipinski definition) is 1. The Bertz CT molecular complexity index is 511. The second kappa shape index (κ2) is 6.78. The zero-order valence-electron chi connectivity index (χ0n) is 11.3. The lowest BCUT2D eigenvalue weighted by Gasteiger charge is -2.18. The van der Waals surface area contributed by atoms with E-state index in [1.807, 2.05) is 24.7 Å². The number of nitrogens with one attached hydrogen (secondary N) is 1. The summed E-state index contributed by atoms with van der Waals surface area (Å²) in [6, 6.07) is 5.27. The molecule has 1 heterocycles. The monoisotopic (exact) mass is 278 g/mol. The third-order valence-electron chi connectivity index (χ3n) is 3.16. The molecule has 0 amide bonds. The molecule has 2 rings (SSSR count). The molecule has 19 heavy (non-hydrogen) atoms. The van der Waals surface area contributed by atoms with Crippen LogP contribution in [-0.2, 0) is 6.42 Å². The van der Waals surface area contributed by atoms with E-state index in [1.54, 1.807) is 17.4 Å². The van der Waals surface area contributed by atoms with Gasteiger partial charge in [0.05, 0.1) is 5.51 Å². The highest BCUT2D eigenvalue weighted by Crippen LogP contribution is 2.23. The normalized spacial score (nSPS) is 12.6. The lowest BCUT2D eigenvalue weighted by atomic mass is 10.00. The van der Waals surface area contributed by atoms with E-state index in [0.29, 0.717) is 0 Å². The average molecular weight is 278 g/mol. The van der Waals surface area contributed by atoms with Crippen LogP contribution >= 0.6 is 11.3 Å². The first-order valence-corrected chi connectivity index (χ1v) is 7.45. The van der Waals surface area contributed by atoms with E-state index in [9.17, 15) is 4.39 Å². The summed E-state index contributed by atoms with van der Waals surface area (Å²) in [4.78, 5) is 5.38. The summed E-state index contributed by atoms with van der Waals surface area (Å²) in [5, 5.41) is 3.54. The number of hydrogen-bond acceptors (Lipinski definition) is 3. The van der Waals surface area contributed by atoms with Gasteiger partial charge in [-0.1, -0.05) is 13.0 Å². The van der Waals surface area contributed by atoms with E-state index in [0.717, 1.165) is 24.9 Å². The van der Waals surface area contributed by atoms with Gasteiger partial charge in [-0.15, -0.1) is 11.3 Å². The molecule has 2 nitrogen and oxygen atoms in total. The van der Waals surface area contributed by atoms with E-state index >= 15 is 0 Å². The van der Waals surface area contributed by atoms with Crippen molar-refractivity contribution in [2.75, 3.05) is 6.54 Å². The van der Waals surface area contributed by atoms with Crippen molar-refractivity contribution < 1.29 is 4.39 Å². The maximum atomic E-state index is 13.1. The van der Waals surface area contributed by atoms with Crippen LogP contribution in [0.4, 0.5) is 4.39 Å². The zero-order chi connectivity index (χ0) is 13.7. The first-order chi connectivity index (χ1) is 9.20. The van der Waals surface area contributed by atoms with Gasteiger partial charge in [-0.05, 0) is 49.6 Å². The lowest BCUT2D eigenvalue weighted by Crippen LogP contribution is -2.23. The highest BCUT2D eigenvalue weighted by Gasteiger charge is 2.14. The predicted molar refractivity (Wildman–Crippen MR) is 78.0 cm³/mol. The summed E-state index contributed by atoms with van der Waals surface area (Å²) in [5.74, 6) is -0.169. The van der Waals surface area contributed by atoms with E-state index in [2.05, 4.69) is 17.2 Å². The molecule has 0 aliphatic carbocycles. The number of aromatic nitrogens is 1. The van der Waals surface area contributed by atoms with Crippen molar-refractivity contribution in [2.24, 2.45) is 0 Å². The molecule has 1 atom stereocenters. The van der Waals surface area contributed by atoms with E-state index in [4.69, 9.17) is 0 Å². The molecule has 1 aromatic heterocycles. The zero-order valence-corrected chi connectivity index (χ0v) is 12.1. The summed E-state index contributed by atoms with van der Waals surface area (Å²) in [6.45, 7) is 5.09. The van der Waals surface area contributed by atoms with Crippen molar-refractivity contribution in [3.63, 3.8) is 0 Å². The van der Waals surface area contributed by atoms with E-state index in [-0.39, 0.29) is 11.9 Å². The highest BCUT2D eigenvalue weighted by molar-refractivity contribution is 7.09. The van der Waals surface area contributed by atoms with Gasteiger partial charge in [0.25, 0.3) is 0 Å². The Morgan fingerprint density at radius 1 is 1.42 bits per heavy atom. The maximum Gasteiger partial charge on any atom is 0.123 e. The second-order valence-electron chi connectivity index (χ2n) is 4.69. The van der Waals surface area contributed by atoms with E-state index in [1.165, 1.54) is 16.5 Å². The number of nitrogens with zero attached hydrogens (tertiary/aromatic N) is 1. The standard InChI is InChI=1S/C15H19FN2S/c1-3-6-18-14(15-9-17-10-19-15)8-12-4-5-13(16)7-11(12)2/h4-5,7,9-10,14,18H,3,6,8H2,1-2H3. The molecule has 0 spiro atoms. The SMILES string of the molecule is CCCNC(Cc1ccc(F)cc1C)c1cncs1. The molecule has 0 radical (unpaired) electrons. The van der Waals surface area contributed by atoms with Crippen LogP contribution in [0.15, 0.2) is 29.9 Å². The topological polar surface area (TPSA) is 24.9 Å². The summed E-state index contributed by atoms with van der Waals surface area (Å²) >= 11 is 1.66. The van der Waals surface area contributed by atoms with Crippen LogP contribution in [-0.4, -0.2) is 11.5 Å². The molecule has 4 heteroatoms. The van der Waals surface area contributed by atoms with Gasteiger partial charge in [0.15, 0.2) is 0 Å². The van der Waals surface area contributed by atoms with Crippen LogP contribution < -0.4 is 5.32 Å². The molecule has 2 aromatic rings. The molecule has 0 aliphatic heterocycles. The van der Waals surface area contributed by atoms with Crippen molar-refractivity contribution >= 4 is 11.3 Å². The Morgan fingerprint density at radius 3 is 2.89 bits per heavy atom. The van der Waals surface area contributed by atoms with Crippen LogP contribution in [0.25, 0.3) is 0 Å². The van der Waals surface area contributed by atoms with Gasteiger partial charge in [-0.2, -0.15) is 0 Å². The fourth-order valence-corrected chi connectivity index (χ4v) is 2.79. The molecule has 0 saturated carbocycles. The van der Waals surface area contributed by atoms with Crippen LogP contribution in [0.5, 0.6) is 0 Å². The molecule has 1 aromatic carbocycles. The number of thiazole rings is 1. The molecular weight excluding hydrogens is 259 g/mol. The Morgan fingerprint density at radius 2 is 2.26 bits per heavy atom. The fourth-order valence-electron chi connectivity index (χ4n) is 2.10. The first-order valence-electron chi connectivity index (χ1n) is 6.57. The number of aryl methyl sites for hydroxylation is 1. The molecule has 1 unspecified atom stereocenters. The van der Waals surface area contributed by atoms with Crippen molar-refractivity contribution in [1.82, 2.24) is 10.3 Å². The van der Waals surface area contributed by atoms with Gasteiger partial charge < -0.3 is 5.32 Å². The van der Waals surface area contributed by atoms with Crippen molar-refractivity contribution in [3.05, 3.63) is 51.7 Å². The highest BCUT2D eigenvalue weighted by atomic mass is 32.1. The van der Waals surface area contributed by atoms with Crippen molar-refractivity contribution in [2.45, 2.75) is 32.7 Å². The summed E-state index contributed by atoms with van der Waals surface area (Å²) in [6.07, 6.45) is 3.88. The Hall–Kier alpha value is -1.26. The van der Waals surface area contributed by atoms with Gasteiger partial charge in [0.2, 0.25) is 0 Å². The third-order valence-corrected chi connectivity index (χ3v) is 4.05. The van der Waals surface area contributed by atoms with Crippen molar-refractivity contribution in [1.29, 1.82) is 0 Å². The summed E-state index contributed by atoms with van der Waals surface area (Å²) in [7, 11) is 0. The van der Waals surface area contributed by atoms with Crippen LogP contribution in [0, 0.1) is 12.7 Å². The minimum atomic E-state index is -0.169. The second-order valence-corrected chi connectivity index (χ2v) is 5.60. The van der Waals surface area contributed by atoms with Crippen LogP contribution in [0.2, 0.25) is 0 Å².